The van der Waals surface area contributed by atoms with Crippen LogP contribution < -0.4 is 5.32 Å². The minimum Gasteiger partial charge on any atom is -0.337 e. The Kier molecular flexibility index (Phi) is 6.38. The number of aromatic nitrogens is 3. The van der Waals surface area contributed by atoms with Gasteiger partial charge in [-0.15, -0.1) is 11.3 Å². The van der Waals surface area contributed by atoms with Crippen LogP contribution in [0.5, 0.6) is 0 Å². The smallest absolute Gasteiger partial charge is 0.254 e. The van der Waals surface area contributed by atoms with Crippen molar-refractivity contribution in [1.29, 1.82) is 0 Å². The molecule has 0 fully saturated rings. The van der Waals surface area contributed by atoms with Crippen LogP contribution in [0.25, 0.3) is 0 Å². The van der Waals surface area contributed by atoms with Crippen molar-refractivity contribution in [3.8, 4) is 0 Å². The summed E-state index contributed by atoms with van der Waals surface area (Å²) in [7, 11) is 1.67. The zero-order valence-electron chi connectivity index (χ0n) is 16.4. The van der Waals surface area contributed by atoms with Crippen LogP contribution in [-0.4, -0.2) is 38.5 Å². The number of hydrogen-bond donors (Lipinski definition) is 1. The highest BCUT2D eigenvalue weighted by molar-refractivity contribution is 7.10. The molecular weight excluding hydrogens is 393 g/mol. The molecule has 1 N–H and O–H groups in total. The molecule has 3 aromatic rings. The van der Waals surface area contributed by atoms with Crippen molar-refractivity contribution in [2.75, 3.05) is 12.4 Å². The van der Waals surface area contributed by atoms with E-state index in [1.807, 2.05) is 18.4 Å². The van der Waals surface area contributed by atoms with Gasteiger partial charge in [0.05, 0.1) is 19.0 Å². The number of rotatable bonds is 7. The number of benzene rings is 1. The number of nitrogens with one attached hydrogen (secondary N) is 1. The molecule has 0 radical (unpaired) electrons. The van der Waals surface area contributed by atoms with Gasteiger partial charge in [-0.05, 0) is 42.1 Å². The van der Waals surface area contributed by atoms with Crippen LogP contribution in [0, 0.1) is 18.7 Å². The molecule has 0 aliphatic carbocycles. The summed E-state index contributed by atoms with van der Waals surface area (Å²) < 4.78 is 15.7. The molecule has 2 heterocycles. The van der Waals surface area contributed by atoms with Crippen LogP contribution in [0.4, 0.5) is 10.1 Å². The molecule has 0 saturated carbocycles. The summed E-state index contributed by atoms with van der Waals surface area (Å²) in [6, 6.07) is 5.85. The Morgan fingerprint density at radius 3 is 2.79 bits per heavy atom. The van der Waals surface area contributed by atoms with E-state index in [1.54, 1.807) is 30.0 Å². The summed E-state index contributed by atoms with van der Waals surface area (Å²) >= 11 is 1.57. The lowest BCUT2D eigenvalue weighted by molar-refractivity contribution is -0.119. The van der Waals surface area contributed by atoms with Crippen molar-refractivity contribution >= 4 is 28.8 Å². The molecule has 3 rings (SSSR count). The van der Waals surface area contributed by atoms with Crippen LogP contribution in [-0.2, 0) is 17.9 Å². The Hall–Kier alpha value is -3.07. The van der Waals surface area contributed by atoms with Gasteiger partial charge >= 0.3 is 0 Å². The van der Waals surface area contributed by atoms with Gasteiger partial charge < -0.3 is 10.2 Å². The Balaban J connectivity index is 1.69. The number of carbonyl (C=O) groups is 2. The minimum absolute atomic E-state index is 0.181. The highest BCUT2D eigenvalue weighted by Crippen LogP contribution is 2.20. The molecule has 0 aliphatic rings. The first-order chi connectivity index (χ1) is 13.8. The second-order valence-corrected chi connectivity index (χ2v) is 7.93. The third kappa shape index (κ3) is 5.26. The molecule has 1 unspecified atom stereocenters. The van der Waals surface area contributed by atoms with E-state index < -0.39 is 11.7 Å². The van der Waals surface area contributed by atoms with Crippen LogP contribution in [0.2, 0.25) is 0 Å². The van der Waals surface area contributed by atoms with Crippen molar-refractivity contribution in [2.45, 2.75) is 26.9 Å². The molecule has 152 valence electrons. The van der Waals surface area contributed by atoms with Crippen molar-refractivity contribution in [3.05, 3.63) is 64.1 Å². The quantitative estimate of drug-likeness (QED) is 0.642. The number of nitrogens with zero attached hydrogens (tertiary/aromatic N) is 4. The molecule has 0 saturated heterocycles. The van der Waals surface area contributed by atoms with Gasteiger partial charge in [0.1, 0.15) is 18.5 Å². The van der Waals surface area contributed by atoms with Crippen molar-refractivity contribution in [3.63, 3.8) is 0 Å². The SMILES string of the molecule is Cc1ccsc1CN(C)C(=O)c1cc(F)cc(NC(=O)C(C)Cn2cncn2)c1. The van der Waals surface area contributed by atoms with E-state index in [0.717, 1.165) is 10.4 Å². The highest BCUT2D eigenvalue weighted by atomic mass is 32.1. The summed E-state index contributed by atoms with van der Waals surface area (Å²) in [6.45, 7) is 4.51. The van der Waals surface area contributed by atoms with Gasteiger partial charge in [0.25, 0.3) is 5.91 Å². The van der Waals surface area contributed by atoms with E-state index in [9.17, 15) is 14.0 Å². The molecular formula is C20H22FN5O2S. The van der Waals surface area contributed by atoms with E-state index in [4.69, 9.17) is 0 Å². The van der Waals surface area contributed by atoms with Crippen LogP contribution in [0.15, 0.2) is 42.3 Å². The number of thiophene rings is 1. The minimum atomic E-state index is -0.587. The number of amides is 2. The van der Waals surface area contributed by atoms with Crippen molar-refractivity contribution in [2.24, 2.45) is 5.92 Å². The second-order valence-electron chi connectivity index (χ2n) is 6.92. The van der Waals surface area contributed by atoms with Gasteiger partial charge in [-0.25, -0.2) is 9.37 Å². The molecule has 1 atom stereocenters. The fourth-order valence-corrected chi connectivity index (χ4v) is 3.77. The molecule has 2 amide bonds. The number of hydrogen-bond acceptors (Lipinski definition) is 5. The molecule has 0 spiro atoms. The Morgan fingerprint density at radius 1 is 1.34 bits per heavy atom. The van der Waals surface area contributed by atoms with Crippen LogP contribution in [0.1, 0.15) is 27.7 Å². The summed E-state index contributed by atoms with van der Waals surface area (Å²) in [5.41, 5.74) is 1.54. The van der Waals surface area contributed by atoms with E-state index >= 15 is 0 Å². The van der Waals surface area contributed by atoms with Gasteiger partial charge in [0, 0.05) is 23.2 Å². The first-order valence-corrected chi connectivity index (χ1v) is 9.93. The van der Waals surface area contributed by atoms with Crippen LogP contribution >= 0.6 is 11.3 Å². The summed E-state index contributed by atoms with van der Waals surface area (Å²) in [5, 5.41) is 8.62. The monoisotopic (exact) mass is 415 g/mol. The second kappa shape index (κ2) is 8.95. The maximum Gasteiger partial charge on any atom is 0.254 e. The van der Waals surface area contributed by atoms with Crippen LogP contribution in [0.3, 0.4) is 0 Å². The third-order valence-corrected chi connectivity index (χ3v) is 5.49. The van der Waals surface area contributed by atoms with E-state index in [1.165, 1.54) is 35.8 Å². The number of aryl methyl sites for hydroxylation is 1. The molecule has 7 nitrogen and oxygen atoms in total. The normalized spacial score (nSPS) is 11.9. The molecule has 1 aromatic carbocycles. The molecule has 0 bridgehead atoms. The lowest BCUT2D eigenvalue weighted by atomic mass is 10.1. The molecule has 9 heteroatoms. The Labute approximate surface area is 172 Å². The van der Waals surface area contributed by atoms with Gasteiger partial charge in [0.2, 0.25) is 5.91 Å². The topological polar surface area (TPSA) is 80.1 Å². The Morgan fingerprint density at radius 2 is 2.14 bits per heavy atom. The fourth-order valence-electron chi connectivity index (χ4n) is 2.81. The summed E-state index contributed by atoms with van der Waals surface area (Å²) in [5.74, 6) is -1.62. The number of anilines is 1. The first-order valence-electron chi connectivity index (χ1n) is 9.06. The standard InChI is InChI=1S/C20H22FN5O2S/c1-13-4-5-29-18(13)10-25(3)20(28)15-6-16(21)8-17(7-15)24-19(27)14(2)9-26-12-22-11-23-26/h4-8,11-12,14H,9-10H2,1-3H3,(H,24,27). The maximum atomic E-state index is 14.1. The average Bonchev–Trinajstić information content (AvgIpc) is 3.32. The van der Waals surface area contributed by atoms with E-state index in [-0.39, 0.29) is 23.1 Å². The van der Waals surface area contributed by atoms with Gasteiger partial charge in [-0.1, -0.05) is 6.92 Å². The average molecular weight is 415 g/mol. The number of carbonyl (C=O) groups excluding carboxylic acids is 2. The van der Waals surface area contributed by atoms with E-state index in [2.05, 4.69) is 15.4 Å². The van der Waals surface area contributed by atoms with E-state index in [0.29, 0.717) is 13.1 Å². The largest absolute Gasteiger partial charge is 0.337 e. The lowest BCUT2D eigenvalue weighted by Crippen LogP contribution is -2.27. The summed E-state index contributed by atoms with van der Waals surface area (Å²) in [6.07, 6.45) is 2.91. The summed E-state index contributed by atoms with van der Waals surface area (Å²) in [4.78, 5) is 31.6. The third-order valence-electron chi connectivity index (χ3n) is 4.48. The van der Waals surface area contributed by atoms with Gasteiger partial charge in [-0.3, -0.25) is 14.3 Å². The zero-order valence-corrected chi connectivity index (χ0v) is 17.2. The lowest BCUT2D eigenvalue weighted by Gasteiger charge is -2.18. The molecule has 2 aromatic heterocycles. The predicted molar refractivity (Wildman–Crippen MR) is 109 cm³/mol. The molecule has 29 heavy (non-hydrogen) atoms. The molecule has 0 aliphatic heterocycles. The predicted octanol–water partition coefficient (Wildman–Crippen LogP) is 3.33. The van der Waals surface area contributed by atoms with Gasteiger partial charge in [-0.2, -0.15) is 5.10 Å². The highest BCUT2D eigenvalue weighted by Gasteiger charge is 2.18. The first kappa shape index (κ1) is 20.7. The zero-order chi connectivity index (χ0) is 21.0. The number of halogens is 1. The van der Waals surface area contributed by atoms with Gasteiger partial charge in [0.15, 0.2) is 0 Å². The Bertz CT molecular complexity index is 1000. The van der Waals surface area contributed by atoms with Crippen molar-refractivity contribution in [1.82, 2.24) is 19.7 Å². The maximum absolute atomic E-state index is 14.1. The fraction of sp³-hybridized carbons (Fsp3) is 0.300. The van der Waals surface area contributed by atoms with Crippen molar-refractivity contribution < 1.29 is 14.0 Å².